The van der Waals surface area contributed by atoms with Crippen LogP contribution < -0.4 is 5.11 Å². The van der Waals surface area contributed by atoms with Gasteiger partial charge in [-0.25, -0.2) is 0 Å². The maximum Gasteiger partial charge on any atom is 0.280 e. The molecule has 1 aromatic carbocycles. The Morgan fingerprint density at radius 2 is 1.42 bits per heavy atom. The second kappa shape index (κ2) is 4.63. The average molecular weight is 267 g/mol. The predicted molar refractivity (Wildman–Crippen MR) is 62.8 cm³/mol. The molecule has 0 saturated heterocycles. The summed E-state index contributed by atoms with van der Waals surface area (Å²) in [5.74, 6) is -1.70. The molecule has 0 unspecified atom stereocenters. The fourth-order valence-electron chi connectivity index (χ4n) is 1.79. The van der Waals surface area contributed by atoms with Crippen LogP contribution in [-0.4, -0.2) is 15.8 Å². The van der Waals surface area contributed by atoms with Gasteiger partial charge in [0.2, 0.25) is 0 Å². The van der Waals surface area contributed by atoms with Crippen LogP contribution in [0, 0.1) is 20.2 Å². The van der Waals surface area contributed by atoms with Gasteiger partial charge in [-0.05, 0) is 0 Å². The largest absolute Gasteiger partial charge is 0.545 e. The van der Waals surface area contributed by atoms with E-state index in [4.69, 9.17) is 0 Å². The topological polar surface area (TPSA) is 126 Å². The highest BCUT2D eigenvalue weighted by Crippen LogP contribution is 2.39. The van der Waals surface area contributed by atoms with Crippen molar-refractivity contribution in [3.63, 3.8) is 0 Å². The first kappa shape index (κ1) is 14.6. The van der Waals surface area contributed by atoms with Crippen LogP contribution in [0.5, 0.6) is 0 Å². The van der Waals surface area contributed by atoms with Crippen LogP contribution in [0.1, 0.15) is 36.7 Å². The third-order valence-corrected chi connectivity index (χ3v) is 2.48. The number of nitro groups is 2. The quantitative estimate of drug-likeness (QED) is 0.597. The summed E-state index contributed by atoms with van der Waals surface area (Å²) < 4.78 is 0. The number of carboxylic acids is 1. The van der Waals surface area contributed by atoms with E-state index in [-0.39, 0.29) is 5.56 Å². The summed E-state index contributed by atoms with van der Waals surface area (Å²) in [6.07, 6.45) is 0. The van der Waals surface area contributed by atoms with Gasteiger partial charge in [0.1, 0.15) is 5.56 Å². The molecule has 0 aliphatic carbocycles. The lowest BCUT2D eigenvalue weighted by molar-refractivity contribution is -0.396. The summed E-state index contributed by atoms with van der Waals surface area (Å²) in [5, 5.41) is 32.7. The average Bonchev–Trinajstić information content (AvgIpc) is 2.25. The van der Waals surface area contributed by atoms with Crippen molar-refractivity contribution >= 4 is 17.3 Å². The van der Waals surface area contributed by atoms with Crippen LogP contribution in [0.3, 0.4) is 0 Å². The van der Waals surface area contributed by atoms with Gasteiger partial charge in [-0.15, -0.1) is 0 Å². The van der Waals surface area contributed by atoms with Crippen LogP contribution >= 0.6 is 0 Å². The summed E-state index contributed by atoms with van der Waals surface area (Å²) in [6.45, 7) is 4.71. The number of nitrogens with zero attached hydrogens (tertiary/aromatic N) is 2. The molecule has 0 amide bonds. The molecule has 1 rings (SSSR count). The Morgan fingerprint density at radius 3 is 1.63 bits per heavy atom. The number of aromatic carboxylic acids is 1. The van der Waals surface area contributed by atoms with E-state index in [1.165, 1.54) is 0 Å². The Kier molecular flexibility index (Phi) is 3.55. The van der Waals surface area contributed by atoms with E-state index in [2.05, 4.69) is 0 Å². The lowest BCUT2D eigenvalue weighted by Gasteiger charge is -2.19. The highest BCUT2D eigenvalue weighted by molar-refractivity contribution is 5.88. The molecule has 0 aliphatic rings. The first-order chi connectivity index (χ1) is 8.55. The van der Waals surface area contributed by atoms with Gasteiger partial charge >= 0.3 is 0 Å². The molecule has 0 heterocycles. The first-order valence-corrected chi connectivity index (χ1v) is 5.24. The molecule has 0 saturated carbocycles. The van der Waals surface area contributed by atoms with Crippen molar-refractivity contribution in [2.75, 3.05) is 0 Å². The molecule has 0 fully saturated rings. The maximum atomic E-state index is 11.0. The van der Waals surface area contributed by atoms with E-state index in [1.54, 1.807) is 20.8 Å². The predicted octanol–water partition coefficient (Wildman–Crippen LogP) is 1.16. The fourth-order valence-corrected chi connectivity index (χ4v) is 1.79. The number of hydrogen-bond donors (Lipinski definition) is 0. The van der Waals surface area contributed by atoms with Crippen molar-refractivity contribution in [3.05, 3.63) is 43.5 Å². The fraction of sp³-hybridized carbons (Fsp3) is 0.364. The lowest BCUT2D eigenvalue weighted by Crippen LogP contribution is -2.24. The monoisotopic (exact) mass is 267 g/mol. The van der Waals surface area contributed by atoms with E-state index < -0.39 is 38.2 Å². The van der Waals surface area contributed by atoms with Gasteiger partial charge < -0.3 is 9.90 Å². The van der Waals surface area contributed by atoms with Crippen molar-refractivity contribution in [1.82, 2.24) is 0 Å². The molecule has 0 spiro atoms. The summed E-state index contributed by atoms with van der Waals surface area (Å²) in [7, 11) is 0. The zero-order valence-corrected chi connectivity index (χ0v) is 10.5. The molecule has 1 aromatic rings. The molecule has 0 aromatic heterocycles. The summed E-state index contributed by atoms with van der Waals surface area (Å²) in [5.41, 5.74) is -2.78. The maximum absolute atomic E-state index is 11.0. The highest BCUT2D eigenvalue weighted by atomic mass is 16.6. The number of carboxylic acid groups (broad SMARTS) is 1. The molecule has 19 heavy (non-hydrogen) atoms. The third-order valence-electron chi connectivity index (χ3n) is 2.48. The van der Waals surface area contributed by atoms with Gasteiger partial charge in [0, 0.05) is 23.1 Å². The van der Waals surface area contributed by atoms with Crippen molar-refractivity contribution < 1.29 is 19.7 Å². The molecule has 8 heteroatoms. The zero-order chi connectivity index (χ0) is 15.0. The molecule has 0 atom stereocenters. The smallest absolute Gasteiger partial charge is 0.280 e. The minimum absolute atomic E-state index is 0.118. The van der Waals surface area contributed by atoms with Gasteiger partial charge in [0.15, 0.2) is 0 Å². The van der Waals surface area contributed by atoms with Gasteiger partial charge in [-0.3, -0.25) is 20.2 Å². The van der Waals surface area contributed by atoms with Crippen molar-refractivity contribution in [2.45, 2.75) is 26.2 Å². The molecular formula is C11H11N2O6-. The van der Waals surface area contributed by atoms with Gasteiger partial charge in [0.25, 0.3) is 11.4 Å². The second-order valence-corrected chi connectivity index (χ2v) is 4.94. The Morgan fingerprint density at radius 1 is 1.05 bits per heavy atom. The lowest BCUT2D eigenvalue weighted by atomic mass is 9.84. The molecule has 102 valence electrons. The zero-order valence-electron chi connectivity index (χ0n) is 10.5. The first-order valence-electron chi connectivity index (χ1n) is 5.24. The van der Waals surface area contributed by atoms with E-state index in [0.717, 1.165) is 12.1 Å². The number of hydrogen-bond acceptors (Lipinski definition) is 6. The van der Waals surface area contributed by atoms with Gasteiger partial charge in [-0.2, -0.15) is 0 Å². The molecule has 0 bridgehead atoms. The van der Waals surface area contributed by atoms with Crippen LogP contribution in [-0.2, 0) is 5.41 Å². The number of carbonyl (C=O) groups excluding carboxylic acids is 1. The van der Waals surface area contributed by atoms with E-state index in [1.807, 2.05) is 0 Å². The van der Waals surface area contributed by atoms with Gasteiger partial charge in [-0.1, -0.05) is 20.8 Å². The van der Waals surface area contributed by atoms with Crippen molar-refractivity contribution in [2.24, 2.45) is 0 Å². The minimum Gasteiger partial charge on any atom is -0.545 e. The van der Waals surface area contributed by atoms with Gasteiger partial charge in [0.05, 0.1) is 15.8 Å². The number of nitro benzene ring substituents is 2. The molecule has 0 radical (unpaired) electrons. The Hall–Kier alpha value is -2.51. The summed E-state index contributed by atoms with van der Waals surface area (Å²) >= 11 is 0. The van der Waals surface area contributed by atoms with Crippen LogP contribution in [0.15, 0.2) is 12.1 Å². The van der Waals surface area contributed by atoms with E-state index >= 15 is 0 Å². The van der Waals surface area contributed by atoms with Crippen molar-refractivity contribution in [3.8, 4) is 0 Å². The standard InChI is InChI=1S/C11H12N2O6/c1-11(2,3)9-7(12(16)17)4-6(10(14)15)5-8(9)13(18)19/h4-5H,1-3H3,(H,14,15)/p-1. The summed E-state index contributed by atoms with van der Waals surface area (Å²) in [6, 6.07) is 1.56. The SMILES string of the molecule is CC(C)(C)c1c([N+](=O)[O-])cc(C(=O)[O-])cc1[N+](=O)[O-]. The normalized spacial score (nSPS) is 11.1. The van der Waals surface area contributed by atoms with E-state index in [9.17, 15) is 30.1 Å². The molecule has 8 nitrogen and oxygen atoms in total. The molecular weight excluding hydrogens is 256 g/mol. The second-order valence-electron chi connectivity index (χ2n) is 4.94. The van der Waals surface area contributed by atoms with Crippen LogP contribution in [0.2, 0.25) is 0 Å². The molecule has 0 aliphatic heterocycles. The Bertz CT molecular complexity index is 538. The Labute approximate surface area is 108 Å². The number of carbonyl (C=O) groups is 1. The molecule has 0 N–H and O–H groups in total. The minimum atomic E-state index is -1.70. The van der Waals surface area contributed by atoms with Crippen LogP contribution in [0.25, 0.3) is 0 Å². The van der Waals surface area contributed by atoms with Crippen molar-refractivity contribution in [1.29, 1.82) is 0 Å². The van der Waals surface area contributed by atoms with E-state index in [0.29, 0.717) is 0 Å². The highest BCUT2D eigenvalue weighted by Gasteiger charge is 2.34. The third kappa shape index (κ3) is 2.84. The van der Waals surface area contributed by atoms with Crippen LogP contribution in [0.4, 0.5) is 11.4 Å². The number of benzene rings is 1. The number of rotatable bonds is 3. The Balaban J connectivity index is 3.81. The summed E-state index contributed by atoms with van der Waals surface area (Å²) in [4.78, 5) is 31.1.